The summed E-state index contributed by atoms with van der Waals surface area (Å²) in [5.74, 6) is 0.788. The standard InChI is InChI=1S/C23H26N2O5/c1-29-19-10-2-15(3-11-19)12-25-20(13-26)22(30-14-21(25)27)16-6-8-18(9-7-16)24-23(28)17-4-5-17/h2-3,6-11,17,20,22,26H,4-5,12-14H2,1H3,(H,24,28)/t20-,22-/m1/s1. The number of hydrogen-bond acceptors (Lipinski definition) is 5. The molecule has 30 heavy (non-hydrogen) atoms. The van der Waals surface area contributed by atoms with Gasteiger partial charge in [-0.15, -0.1) is 0 Å². The Balaban J connectivity index is 1.48. The molecular formula is C23H26N2O5. The van der Waals surface area contributed by atoms with Crippen molar-refractivity contribution in [2.45, 2.75) is 31.5 Å². The van der Waals surface area contributed by atoms with Crippen molar-refractivity contribution in [1.82, 2.24) is 4.90 Å². The third kappa shape index (κ3) is 4.47. The van der Waals surface area contributed by atoms with Gasteiger partial charge >= 0.3 is 0 Å². The average molecular weight is 410 g/mol. The Hall–Kier alpha value is -2.90. The quantitative estimate of drug-likeness (QED) is 0.732. The summed E-state index contributed by atoms with van der Waals surface area (Å²) in [5, 5.41) is 13.0. The maximum Gasteiger partial charge on any atom is 0.249 e. The number of carbonyl (C=O) groups is 2. The topological polar surface area (TPSA) is 88.1 Å². The highest BCUT2D eigenvalue weighted by Crippen LogP contribution is 2.32. The molecule has 1 saturated heterocycles. The highest BCUT2D eigenvalue weighted by molar-refractivity contribution is 5.94. The van der Waals surface area contributed by atoms with Gasteiger partial charge in [-0.05, 0) is 48.2 Å². The van der Waals surface area contributed by atoms with Crippen molar-refractivity contribution in [3.05, 3.63) is 59.7 Å². The van der Waals surface area contributed by atoms with Crippen LogP contribution in [0.3, 0.4) is 0 Å². The van der Waals surface area contributed by atoms with E-state index in [1.807, 2.05) is 48.5 Å². The third-order valence-corrected chi connectivity index (χ3v) is 5.61. The largest absolute Gasteiger partial charge is 0.497 e. The summed E-state index contributed by atoms with van der Waals surface area (Å²) >= 11 is 0. The molecule has 0 aromatic heterocycles. The minimum Gasteiger partial charge on any atom is -0.497 e. The van der Waals surface area contributed by atoms with Crippen LogP contribution in [0.25, 0.3) is 0 Å². The molecule has 2 fully saturated rings. The fourth-order valence-electron chi connectivity index (χ4n) is 3.70. The van der Waals surface area contributed by atoms with E-state index < -0.39 is 12.1 Å². The van der Waals surface area contributed by atoms with Crippen LogP contribution in [-0.2, 0) is 20.9 Å². The van der Waals surface area contributed by atoms with Crippen LogP contribution in [0, 0.1) is 5.92 Å². The average Bonchev–Trinajstić information content (AvgIpc) is 3.62. The van der Waals surface area contributed by atoms with Gasteiger partial charge in [0.25, 0.3) is 0 Å². The zero-order valence-corrected chi connectivity index (χ0v) is 16.9. The minimum atomic E-state index is -0.500. The van der Waals surface area contributed by atoms with Gasteiger partial charge in [-0.3, -0.25) is 9.59 Å². The van der Waals surface area contributed by atoms with Gasteiger partial charge in [0.1, 0.15) is 18.5 Å². The molecule has 0 unspecified atom stereocenters. The van der Waals surface area contributed by atoms with Crippen molar-refractivity contribution in [3.63, 3.8) is 0 Å². The number of hydrogen-bond donors (Lipinski definition) is 2. The fraction of sp³-hybridized carbons (Fsp3) is 0.391. The van der Waals surface area contributed by atoms with E-state index in [9.17, 15) is 14.7 Å². The van der Waals surface area contributed by atoms with Crippen molar-refractivity contribution in [1.29, 1.82) is 0 Å². The van der Waals surface area contributed by atoms with Crippen LogP contribution in [0.5, 0.6) is 5.75 Å². The van der Waals surface area contributed by atoms with Crippen molar-refractivity contribution in [3.8, 4) is 5.75 Å². The molecule has 0 spiro atoms. The molecule has 1 aliphatic carbocycles. The normalized spacial score (nSPS) is 21.4. The van der Waals surface area contributed by atoms with Gasteiger partial charge in [0.2, 0.25) is 11.8 Å². The first-order valence-corrected chi connectivity index (χ1v) is 10.1. The molecule has 1 saturated carbocycles. The lowest BCUT2D eigenvalue weighted by molar-refractivity contribution is -0.162. The first kappa shape index (κ1) is 20.4. The molecule has 2 amide bonds. The maximum absolute atomic E-state index is 12.5. The second-order valence-corrected chi connectivity index (χ2v) is 7.74. The lowest BCUT2D eigenvalue weighted by Gasteiger charge is -2.40. The first-order chi connectivity index (χ1) is 14.6. The molecule has 2 N–H and O–H groups in total. The summed E-state index contributed by atoms with van der Waals surface area (Å²) in [7, 11) is 1.61. The van der Waals surface area contributed by atoms with Gasteiger partial charge in [-0.1, -0.05) is 24.3 Å². The van der Waals surface area contributed by atoms with Crippen LogP contribution >= 0.6 is 0 Å². The van der Waals surface area contributed by atoms with Gasteiger partial charge in [0.15, 0.2) is 0 Å². The number of aliphatic hydroxyl groups excluding tert-OH is 1. The number of aliphatic hydroxyl groups is 1. The van der Waals surface area contributed by atoms with Gasteiger partial charge < -0.3 is 24.8 Å². The number of anilines is 1. The number of amides is 2. The number of benzene rings is 2. The molecule has 7 heteroatoms. The van der Waals surface area contributed by atoms with Crippen LogP contribution < -0.4 is 10.1 Å². The summed E-state index contributed by atoms with van der Waals surface area (Å²) < 4.78 is 11.0. The zero-order chi connectivity index (χ0) is 21.1. The zero-order valence-electron chi connectivity index (χ0n) is 16.9. The Kier molecular flexibility index (Phi) is 6.01. The van der Waals surface area contributed by atoms with E-state index in [4.69, 9.17) is 9.47 Å². The summed E-state index contributed by atoms with van der Waals surface area (Å²) in [4.78, 5) is 26.1. The monoisotopic (exact) mass is 410 g/mol. The highest BCUT2D eigenvalue weighted by atomic mass is 16.5. The molecule has 1 heterocycles. The van der Waals surface area contributed by atoms with Crippen LogP contribution in [0.4, 0.5) is 5.69 Å². The number of rotatable bonds is 7. The molecule has 2 aromatic carbocycles. The Morgan fingerprint density at radius 1 is 1.17 bits per heavy atom. The number of ether oxygens (including phenoxy) is 2. The summed E-state index contributed by atoms with van der Waals surface area (Å²) in [5.41, 5.74) is 2.53. The van der Waals surface area contributed by atoms with Crippen molar-refractivity contribution in [2.75, 3.05) is 25.6 Å². The van der Waals surface area contributed by atoms with Gasteiger partial charge in [0.05, 0.1) is 19.8 Å². The van der Waals surface area contributed by atoms with E-state index in [2.05, 4.69) is 5.32 Å². The molecule has 1 aliphatic heterocycles. The van der Waals surface area contributed by atoms with Gasteiger partial charge in [-0.25, -0.2) is 0 Å². The van der Waals surface area contributed by atoms with Gasteiger partial charge in [-0.2, -0.15) is 0 Å². The second-order valence-electron chi connectivity index (χ2n) is 7.74. The van der Waals surface area contributed by atoms with E-state index in [-0.39, 0.29) is 30.9 Å². The lowest BCUT2D eigenvalue weighted by Crippen LogP contribution is -2.52. The highest BCUT2D eigenvalue weighted by Gasteiger charge is 2.37. The molecule has 4 rings (SSSR count). The van der Waals surface area contributed by atoms with E-state index in [0.717, 1.165) is 35.4 Å². The van der Waals surface area contributed by atoms with Crippen molar-refractivity contribution in [2.24, 2.45) is 5.92 Å². The van der Waals surface area contributed by atoms with E-state index in [0.29, 0.717) is 6.54 Å². The number of nitrogens with one attached hydrogen (secondary N) is 1. The summed E-state index contributed by atoms with van der Waals surface area (Å²) in [6.07, 6.45) is 1.46. The Morgan fingerprint density at radius 3 is 2.47 bits per heavy atom. The predicted octanol–water partition coefficient (Wildman–Crippen LogP) is 2.50. The SMILES string of the molecule is COc1ccc(CN2C(=O)CO[C@H](c3ccc(NC(=O)C4CC4)cc3)[C@H]2CO)cc1. The van der Waals surface area contributed by atoms with E-state index in [1.165, 1.54) is 0 Å². The lowest BCUT2D eigenvalue weighted by atomic mass is 9.98. The molecule has 2 atom stereocenters. The van der Waals surface area contributed by atoms with Crippen LogP contribution in [0.1, 0.15) is 30.1 Å². The number of nitrogens with zero attached hydrogens (tertiary/aromatic N) is 1. The Labute approximate surface area is 175 Å². The van der Waals surface area contributed by atoms with Crippen molar-refractivity contribution >= 4 is 17.5 Å². The van der Waals surface area contributed by atoms with Gasteiger partial charge in [0, 0.05) is 18.2 Å². The second kappa shape index (κ2) is 8.85. The summed E-state index contributed by atoms with van der Waals surface area (Å²) in [6.45, 7) is 0.119. The van der Waals surface area contributed by atoms with Crippen LogP contribution in [-0.4, -0.2) is 48.2 Å². The number of methoxy groups -OCH3 is 1. The number of morpholine rings is 1. The molecule has 0 radical (unpaired) electrons. The molecule has 158 valence electrons. The first-order valence-electron chi connectivity index (χ1n) is 10.1. The molecule has 7 nitrogen and oxygen atoms in total. The molecule has 2 aliphatic rings. The Morgan fingerprint density at radius 2 is 1.87 bits per heavy atom. The van der Waals surface area contributed by atoms with E-state index >= 15 is 0 Å². The third-order valence-electron chi connectivity index (χ3n) is 5.61. The van der Waals surface area contributed by atoms with E-state index in [1.54, 1.807) is 12.0 Å². The maximum atomic E-state index is 12.5. The van der Waals surface area contributed by atoms with Crippen molar-refractivity contribution < 1.29 is 24.2 Å². The molecule has 2 aromatic rings. The van der Waals surface area contributed by atoms with Crippen LogP contribution in [0.2, 0.25) is 0 Å². The Bertz CT molecular complexity index is 893. The predicted molar refractivity (Wildman–Crippen MR) is 111 cm³/mol. The van der Waals surface area contributed by atoms with Crippen LogP contribution in [0.15, 0.2) is 48.5 Å². The molecule has 0 bridgehead atoms. The molecular weight excluding hydrogens is 384 g/mol. The minimum absolute atomic E-state index is 0.0442. The number of carbonyl (C=O) groups excluding carboxylic acids is 2. The smallest absolute Gasteiger partial charge is 0.249 e. The summed E-state index contributed by atoms with van der Waals surface area (Å²) in [6, 6.07) is 14.4. The fourth-order valence-corrected chi connectivity index (χ4v) is 3.70.